The van der Waals surface area contributed by atoms with Crippen molar-refractivity contribution < 1.29 is 61.2 Å². The van der Waals surface area contributed by atoms with Gasteiger partial charge in [0, 0.05) is 46.3 Å². The lowest BCUT2D eigenvalue weighted by Gasteiger charge is -2.19. The van der Waals surface area contributed by atoms with Crippen LogP contribution in [0.2, 0.25) is 0 Å². The molecule has 0 saturated carbocycles. The first-order chi connectivity index (χ1) is 20.3. The highest BCUT2D eigenvalue weighted by molar-refractivity contribution is 8.00. The van der Waals surface area contributed by atoms with E-state index in [1.807, 2.05) is 0 Å². The maximum atomic E-state index is 16.2. The van der Waals surface area contributed by atoms with Crippen LogP contribution in [-0.2, 0) is 4.79 Å². The number of phenols is 1. The van der Waals surface area contributed by atoms with Crippen LogP contribution in [0.15, 0.2) is 50.5 Å². The minimum atomic E-state index is -2.18. The lowest BCUT2D eigenvalue weighted by Crippen LogP contribution is -2.21. The molecule has 0 bridgehead atoms. The predicted molar refractivity (Wildman–Crippen MR) is 138 cm³/mol. The molecule has 2 aliphatic rings. The summed E-state index contributed by atoms with van der Waals surface area (Å²) in [6.45, 7) is -0.844. The van der Waals surface area contributed by atoms with E-state index in [-0.39, 0.29) is 11.8 Å². The summed E-state index contributed by atoms with van der Waals surface area (Å²) in [7, 11) is 0. The van der Waals surface area contributed by atoms with E-state index >= 15 is 13.2 Å². The number of aromatic hydroxyl groups is 3. The van der Waals surface area contributed by atoms with Gasteiger partial charge in [0.1, 0.15) is 22.7 Å². The van der Waals surface area contributed by atoms with Gasteiger partial charge in [-0.1, -0.05) is 0 Å². The number of carbonyl (C=O) groups excluding carboxylic acids is 1. The van der Waals surface area contributed by atoms with E-state index in [1.54, 1.807) is 0 Å². The fraction of sp³-hybridized carbons (Fsp3) is 0.0741. The number of halogens is 5. The number of aromatic carboxylic acids is 1. The second-order valence-electron chi connectivity index (χ2n) is 8.83. The number of nitrogens with zero attached hydrogens (tertiary/aromatic N) is 1. The van der Waals surface area contributed by atoms with Crippen LogP contribution in [0.5, 0.6) is 17.5 Å². The van der Waals surface area contributed by atoms with Gasteiger partial charge in [0.05, 0.1) is 10.6 Å². The summed E-state index contributed by atoms with van der Waals surface area (Å²) in [6.07, 6.45) is 0. The van der Waals surface area contributed by atoms with Crippen LogP contribution in [0.1, 0.15) is 10.4 Å². The molecule has 0 saturated heterocycles. The number of hydrogen-bond donors (Lipinski definition) is 4. The average molecular weight is 623 g/mol. The van der Waals surface area contributed by atoms with Crippen molar-refractivity contribution in [2.24, 2.45) is 0 Å². The molecule has 2 heterocycles. The Morgan fingerprint density at radius 3 is 2.21 bits per heavy atom. The first-order valence-corrected chi connectivity index (χ1v) is 12.7. The van der Waals surface area contributed by atoms with Crippen molar-refractivity contribution in [3.05, 3.63) is 81.3 Å². The minimum absolute atomic E-state index is 0.0845. The third kappa shape index (κ3) is 5.05. The molecule has 1 aromatic heterocycles. The molecule has 16 heteroatoms. The maximum absolute atomic E-state index is 16.2. The smallest absolute Gasteiger partial charge is 0.339 e. The summed E-state index contributed by atoms with van der Waals surface area (Å²) >= 11 is 0.0845. The molecule has 0 atom stereocenters. The molecule has 0 spiro atoms. The highest BCUT2D eigenvalue weighted by atomic mass is 32.2. The van der Waals surface area contributed by atoms with Gasteiger partial charge in [-0.3, -0.25) is 9.59 Å². The van der Waals surface area contributed by atoms with Crippen molar-refractivity contribution in [1.82, 2.24) is 4.73 Å². The molecule has 1 aliphatic carbocycles. The number of carbonyl (C=O) groups is 2. The van der Waals surface area contributed by atoms with Gasteiger partial charge >= 0.3 is 5.97 Å². The number of carboxylic acids is 1. The predicted octanol–water partition coefficient (Wildman–Crippen LogP) is 4.67. The SMILES string of the molecule is O=C(COn1c(O)ccc1O)CSc1c(F)c(F)c(C(=O)O)c(-c2c3cc(F)c(=O)cc-3oc3cc(O)c(F)cc23)c1F. The maximum Gasteiger partial charge on any atom is 0.339 e. The van der Waals surface area contributed by atoms with Crippen LogP contribution in [0.25, 0.3) is 33.4 Å². The molecule has 10 nitrogen and oxygen atoms in total. The van der Waals surface area contributed by atoms with Gasteiger partial charge < -0.3 is 29.7 Å². The number of Topliss-reactive ketones (excluding diaryl/α,β-unsaturated/α-hetero) is 1. The van der Waals surface area contributed by atoms with Crippen LogP contribution in [-0.4, -0.2) is 49.3 Å². The Bertz CT molecular complexity index is 1990. The third-order valence-corrected chi connectivity index (χ3v) is 7.23. The first-order valence-electron chi connectivity index (χ1n) is 11.7. The molecular weight excluding hydrogens is 609 g/mol. The Morgan fingerprint density at radius 1 is 0.884 bits per heavy atom. The van der Waals surface area contributed by atoms with Crippen molar-refractivity contribution in [2.45, 2.75) is 4.90 Å². The minimum Gasteiger partial charge on any atom is -0.505 e. The quantitative estimate of drug-likeness (QED) is 0.0828. The van der Waals surface area contributed by atoms with E-state index in [2.05, 4.69) is 0 Å². The Kier molecular flexibility index (Phi) is 7.39. The van der Waals surface area contributed by atoms with Crippen LogP contribution in [0.4, 0.5) is 22.0 Å². The molecule has 222 valence electrons. The Hall–Kier alpha value is -5.25. The first kappa shape index (κ1) is 29.2. The van der Waals surface area contributed by atoms with Crippen molar-refractivity contribution in [1.29, 1.82) is 0 Å². The van der Waals surface area contributed by atoms with Crippen LogP contribution in [0.3, 0.4) is 0 Å². The Labute approximate surface area is 239 Å². The molecule has 0 unspecified atom stereocenters. The molecule has 0 radical (unpaired) electrons. The molecular formula is C27H14F5NO9S. The summed E-state index contributed by atoms with van der Waals surface area (Å²) in [6, 6.07) is 4.42. The summed E-state index contributed by atoms with van der Waals surface area (Å²) in [5.74, 6) is -15.1. The lowest BCUT2D eigenvalue weighted by atomic mass is 9.89. The number of fused-ring (bicyclic) bond motifs is 2. The Morgan fingerprint density at radius 2 is 1.56 bits per heavy atom. The van der Waals surface area contributed by atoms with Crippen molar-refractivity contribution in [3.8, 4) is 40.0 Å². The molecule has 5 rings (SSSR count). The topological polar surface area (TPSA) is 159 Å². The molecule has 1 aliphatic heterocycles. The van der Waals surface area contributed by atoms with E-state index in [0.717, 1.165) is 12.1 Å². The van der Waals surface area contributed by atoms with E-state index in [1.165, 1.54) is 0 Å². The fourth-order valence-corrected chi connectivity index (χ4v) is 5.07. The number of thioether (sulfide) groups is 1. The van der Waals surface area contributed by atoms with Crippen LogP contribution in [0, 0.1) is 29.1 Å². The van der Waals surface area contributed by atoms with Gasteiger partial charge in [-0.05, 0) is 12.1 Å². The van der Waals surface area contributed by atoms with Gasteiger partial charge in [-0.15, -0.1) is 16.5 Å². The normalized spacial score (nSPS) is 11.4. The average Bonchev–Trinajstić information content (AvgIpc) is 3.26. The number of phenolic OH excluding ortho intramolecular Hbond substituents is 1. The zero-order chi connectivity index (χ0) is 31.3. The number of aromatic nitrogens is 1. The molecule has 0 amide bonds. The molecule has 2 aromatic carbocycles. The number of ketones is 1. The van der Waals surface area contributed by atoms with Gasteiger partial charge in [0.2, 0.25) is 17.2 Å². The van der Waals surface area contributed by atoms with Crippen LogP contribution >= 0.6 is 11.8 Å². The largest absolute Gasteiger partial charge is 0.505 e. The zero-order valence-electron chi connectivity index (χ0n) is 21.0. The summed E-state index contributed by atoms with van der Waals surface area (Å²) in [5.41, 5.74) is -5.72. The van der Waals surface area contributed by atoms with E-state index < -0.39 is 120 Å². The lowest BCUT2D eigenvalue weighted by molar-refractivity contribution is -0.121. The van der Waals surface area contributed by atoms with Gasteiger partial charge in [-0.25, -0.2) is 26.7 Å². The van der Waals surface area contributed by atoms with Gasteiger partial charge in [0.25, 0.3) is 0 Å². The fourth-order valence-electron chi connectivity index (χ4n) is 4.24. The summed E-state index contributed by atoms with van der Waals surface area (Å²) in [5, 5.41) is 38.2. The highest BCUT2D eigenvalue weighted by Gasteiger charge is 2.34. The monoisotopic (exact) mass is 623 g/mol. The zero-order valence-corrected chi connectivity index (χ0v) is 21.8. The molecule has 3 aromatic rings. The van der Waals surface area contributed by atoms with E-state index in [4.69, 9.17) is 9.25 Å². The van der Waals surface area contributed by atoms with Gasteiger partial charge in [0.15, 0.2) is 41.4 Å². The van der Waals surface area contributed by atoms with E-state index in [9.17, 15) is 43.6 Å². The van der Waals surface area contributed by atoms with Crippen molar-refractivity contribution >= 4 is 34.5 Å². The summed E-state index contributed by atoms with van der Waals surface area (Å²) < 4.78 is 81.3. The highest BCUT2D eigenvalue weighted by Crippen LogP contribution is 2.46. The van der Waals surface area contributed by atoms with E-state index in [0.29, 0.717) is 29.0 Å². The molecule has 4 N–H and O–H groups in total. The Balaban J connectivity index is 1.69. The third-order valence-electron chi connectivity index (χ3n) is 6.12. The van der Waals surface area contributed by atoms with Crippen molar-refractivity contribution in [3.63, 3.8) is 0 Å². The second kappa shape index (κ2) is 10.9. The van der Waals surface area contributed by atoms with Crippen LogP contribution < -0.4 is 10.3 Å². The van der Waals surface area contributed by atoms with Gasteiger partial charge in [-0.2, -0.15) is 0 Å². The summed E-state index contributed by atoms with van der Waals surface area (Å²) in [4.78, 5) is 40.1. The molecule has 43 heavy (non-hydrogen) atoms. The second-order valence-corrected chi connectivity index (χ2v) is 9.81. The number of benzene rings is 3. The van der Waals surface area contributed by atoms with Crippen molar-refractivity contribution in [2.75, 3.05) is 12.4 Å². The molecule has 0 fully saturated rings. The standard InChI is InChI=1S/C27H14F5NO9S/c28-12-3-10-16(5-14(12)35)42-17-6-15(36)13(29)4-11(17)20(10)21-22(27(39)40)23(30)25(32)26(24(21)31)43-8-9(34)7-41-33-18(37)1-2-19(33)38/h1-6,35,37-38H,7-8H2,(H,39,40). The number of rotatable bonds is 8. The number of hydrogen-bond acceptors (Lipinski definition) is 9. The number of carboxylic acid groups (broad SMARTS) is 1.